The molecule has 3 heterocycles. The standard InChI is InChI=1S/C20H34N5O7PSSi/c1-10(2)16(27)23-19-22-15-12(17(28)24-19)21-9-25(15)18-14(31-33(29)30)13(11(8-26)34-18)32-35(6,7)20(3,4)5/h9-11,13-14,18,26,33H,8H2,1-7H3,(H,29,30)(H2,22,23,24,27,28)/t11-,13-,14-,18-/m1/s1. The molecule has 2 aromatic heterocycles. The first-order valence-corrected chi connectivity index (χ1v) is 16.4. The number of anilines is 1. The molecule has 5 atom stereocenters. The molecule has 1 saturated heterocycles. The predicted octanol–water partition coefficient (Wildman–Crippen LogP) is 2.48. The number of aliphatic hydroxyl groups excluding tert-OH is 1. The van der Waals surface area contributed by atoms with E-state index in [0.717, 1.165) is 0 Å². The molecule has 1 amide bonds. The summed E-state index contributed by atoms with van der Waals surface area (Å²) in [4.78, 5) is 45.5. The molecule has 1 unspecified atom stereocenters. The van der Waals surface area contributed by atoms with Gasteiger partial charge in [0.2, 0.25) is 11.9 Å². The van der Waals surface area contributed by atoms with Crippen LogP contribution in [0.4, 0.5) is 5.95 Å². The largest absolute Gasteiger partial charge is 0.410 e. The summed E-state index contributed by atoms with van der Waals surface area (Å²) in [6, 6.07) is 0. The molecule has 0 aliphatic carbocycles. The number of aromatic amines is 1. The zero-order valence-corrected chi connectivity index (χ0v) is 23.7. The normalized spacial score (nSPS) is 24.3. The fourth-order valence-corrected chi connectivity index (χ4v) is 6.90. The molecule has 35 heavy (non-hydrogen) atoms. The minimum Gasteiger partial charge on any atom is -0.410 e. The molecule has 1 aliphatic rings. The summed E-state index contributed by atoms with van der Waals surface area (Å²) in [6.07, 6.45) is -0.210. The average Bonchev–Trinajstić information content (AvgIpc) is 3.28. The van der Waals surface area contributed by atoms with Gasteiger partial charge in [-0.05, 0) is 18.1 Å². The van der Waals surface area contributed by atoms with Crippen LogP contribution in [0, 0.1) is 5.92 Å². The second-order valence-corrected chi connectivity index (χ2v) is 17.2. The van der Waals surface area contributed by atoms with Gasteiger partial charge in [-0.3, -0.25) is 29.0 Å². The third kappa shape index (κ3) is 5.90. The fourth-order valence-electron chi connectivity index (χ4n) is 3.41. The molecule has 0 radical (unpaired) electrons. The molecular weight excluding hydrogens is 513 g/mol. The van der Waals surface area contributed by atoms with Crippen LogP contribution in [0.1, 0.15) is 40.0 Å². The molecule has 196 valence electrons. The van der Waals surface area contributed by atoms with Gasteiger partial charge in [0.05, 0.1) is 24.3 Å². The van der Waals surface area contributed by atoms with Crippen molar-refractivity contribution in [2.24, 2.45) is 5.92 Å². The number of rotatable bonds is 8. The molecule has 0 bridgehead atoms. The van der Waals surface area contributed by atoms with E-state index in [0.29, 0.717) is 0 Å². The lowest BCUT2D eigenvalue weighted by Gasteiger charge is -2.40. The highest BCUT2D eigenvalue weighted by Gasteiger charge is 2.51. The number of thioether (sulfide) groups is 1. The summed E-state index contributed by atoms with van der Waals surface area (Å²) in [7, 11) is -5.73. The van der Waals surface area contributed by atoms with Gasteiger partial charge in [-0.2, -0.15) is 4.98 Å². The van der Waals surface area contributed by atoms with Crippen molar-refractivity contribution in [1.29, 1.82) is 0 Å². The Morgan fingerprint density at radius 3 is 2.57 bits per heavy atom. The third-order valence-electron chi connectivity index (χ3n) is 6.41. The molecule has 2 aromatic rings. The Balaban J connectivity index is 2.07. The maximum absolute atomic E-state index is 12.6. The first-order valence-electron chi connectivity index (χ1n) is 11.3. The van der Waals surface area contributed by atoms with Crippen molar-refractivity contribution >= 4 is 51.4 Å². The van der Waals surface area contributed by atoms with Crippen LogP contribution in [0.2, 0.25) is 18.1 Å². The second-order valence-electron chi connectivity index (χ2n) is 10.3. The Bertz CT molecular complexity index is 1160. The predicted molar refractivity (Wildman–Crippen MR) is 137 cm³/mol. The molecule has 0 saturated carbocycles. The highest BCUT2D eigenvalue weighted by Crippen LogP contribution is 2.50. The van der Waals surface area contributed by atoms with Gasteiger partial charge in [-0.1, -0.05) is 34.6 Å². The van der Waals surface area contributed by atoms with E-state index in [4.69, 9.17) is 8.95 Å². The zero-order chi connectivity index (χ0) is 26.3. The van der Waals surface area contributed by atoms with Crippen molar-refractivity contribution in [2.45, 2.75) is 75.6 Å². The summed E-state index contributed by atoms with van der Waals surface area (Å²) < 4.78 is 25.5. The Hall–Kier alpha value is -1.54. The van der Waals surface area contributed by atoms with E-state index < -0.39 is 45.0 Å². The van der Waals surface area contributed by atoms with E-state index in [2.05, 4.69) is 54.1 Å². The minimum absolute atomic E-state index is 0.0352. The average molecular weight is 548 g/mol. The number of carbonyl (C=O) groups is 1. The van der Waals surface area contributed by atoms with E-state index in [1.165, 1.54) is 18.1 Å². The van der Waals surface area contributed by atoms with Gasteiger partial charge in [0, 0.05) is 5.92 Å². The number of fused-ring (bicyclic) bond motifs is 1. The number of nitrogens with one attached hydrogen (secondary N) is 2. The fraction of sp³-hybridized carbons (Fsp3) is 0.700. The van der Waals surface area contributed by atoms with Crippen molar-refractivity contribution in [2.75, 3.05) is 11.9 Å². The number of aromatic nitrogens is 4. The van der Waals surface area contributed by atoms with Gasteiger partial charge in [0.15, 0.2) is 19.5 Å². The van der Waals surface area contributed by atoms with Crippen molar-refractivity contribution in [3.63, 3.8) is 0 Å². The van der Waals surface area contributed by atoms with Crippen molar-refractivity contribution in [3.05, 3.63) is 16.7 Å². The summed E-state index contributed by atoms with van der Waals surface area (Å²) in [5.74, 6) is -0.686. The monoisotopic (exact) mass is 547 g/mol. The van der Waals surface area contributed by atoms with Gasteiger partial charge in [0.25, 0.3) is 5.56 Å². The molecule has 1 fully saturated rings. The first kappa shape index (κ1) is 28.0. The first-order chi connectivity index (χ1) is 16.2. The highest BCUT2D eigenvalue weighted by atomic mass is 32.2. The Morgan fingerprint density at radius 1 is 1.37 bits per heavy atom. The molecule has 3 rings (SSSR count). The summed E-state index contributed by atoms with van der Waals surface area (Å²) in [6.45, 7) is 13.5. The van der Waals surface area contributed by atoms with Crippen molar-refractivity contribution < 1.29 is 28.3 Å². The van der Waals surface area contributed by atoms with Crippen LogP contribution in [-0.2, 0) is 18.3 Å². The van der Waals surface area contributed by atoms with Crippen LogP contribution >= 0.6 is 20.0 Å². The van der Waals surface area contributed by atoms with Gasteiger partial charge in [-0.15, -0.1) is 11.8 Å². The van der Waals surface area contributed by atoms with Crippen LogP contribution in [-0.4, -0.2) is 67.8 Å². The molecular formula is C20H34N5O7PSSi. The lowest BCUT2D eigenvalue weighted by molar-refractivity contribution is -0.118. The maximum Gasteiger partial charge on any atom is 0.317 e. The Labute approximate surface area is 209 Å². The van der Waals surface area contributed by atoms with E-state index in [1.54, 1.807) is 18.4 Å². The Kier molecular flexibility index (Phi) is 8.36. The van der Waals surface area contributed by atoms with Gasteiger partial charge < -0.3 is 18.9 Å². The summed E-state index contributed by atoms with van der Waals surface area (Å²) >= 11 is 1.30. The third-order valence-corrected chi connectivity index (χ3v) is 12.9. The quantitative estimate of drug-likeness (QED) is 0.284. The topological polar surface area (TPSA) is 169 Å². The van der Waals surface area contributed by atoms with Gasteiger partial charge in [-0.25, -0.2) is 4.98 Å². The molecule has 1 aliphatic heterocycles. The molecule has 0 spiro atoms. The number of imidazole rings is 1. The van der Waals surface area contributed by atoms with Crippen LogP contribution in [0.3, 0.4) is 0 Å². The number of aliphatic hydroxyl groups is 1. The van der Waals surface area contributed by atoms with Crippen LogP contribution in [0.25, 0.3) is 11.2 Å². The van der Waals surface area contributed by atoms with Gasteiger partial charge >= 0.3 is 8.25 Å². The van der Waals surface area contributed by atoms with E-state index >= 15 is 0 Å². The van der Waals surface area contributed by atoms with E-state index in [9.17, 15) is 24.2 Å². The van der Waals surface area contributed by atoms with E-state index in [-0.39, 0.29) is 40.6 Å². The highest BCUT2D eigenvalue weighted by molar-refractivity contribution is 8.00. The molecule has 15 heteroatoms. The summed E-state index contributed by atoms with van der Waals surface area (Å²) in [5.41, 5.74) is -0.337. The maximum atomic E-state index is 12.6. The van der Waals surface area contributed by atoms with Crippen LogP contribution in [0.15, 0.2) is 11.1 Å². The molecule has 4 N–H and O–H groups in total. The van der Waals surface area contributed by atoms with E-state index in [1.807, 2.05) is 0 Å². The smallest absolute Gasteiger partial charge is 0.317 e. The number of hydrogen-bond donors (Lipinski definition) is 4. The van der Waals surface area contributed by atoms with Crippen molar-refractivity contribution in [3.8, 4) is 0 Å². The SMILES string of the molecule is CC(C)C(=O)Nc1nc2c(ncn2[C@@H]2S[C@H](CO)[C@@H](O[Si](C)(C)C(C)(C)C)[C@H]2O[PH](=O)O)c(=O)[nH]1. The van der Waals surface area contributed by atoms with Gasteiger partial charge in [0.1, 0.15) is 11.5 Å². The lowest BCUT2D eigenvalue weighted by atomic mass is 10.1. The summed E-state index contributed by atoms with van der Waals surface area (Å²) in [5, 5.41) is 11.4. The number of H-pyrrole nitrogens is 1. The number of hydrogen-bond acceptors (Lipinski definition) is 9. The van der Waals surface area contributed by atoms with Crippen LogP contribution < -0.4 is 10.9 Å². The van der Waals surface area contributed by atoms with Crippen LogP contribution in [0.5, 0.6) is 0 Å². The number of nitrogens with zero attached hydrogens (tertiary/aromatic N) is 3. The lowest BCUT2D eigenvalue weighted by Crippen LogP contribution is -2.49. The van der Waals surface area contributed by atoms with Crippen molar-refractivity contribution in [1.82, 2.24) is 19.5 Å². The second kappa shape index (κ2) is 10.4. The zero-order valence-electron chi connectivity index (χ0n) is 20.9. The Morgan fingerprint density at radius 2 is 2.03 bits per heavy atom. The number of amides is 1. The molecule has 0 aromatic carbocycles. The number of carbonyl (C=O) groups excluding carboxylic acids is 1. The molecule has 12 nitrogen and oxygen atoms in total. The minimum atomic E-state index is -3.38.